The van der Waals surface area contributed by atoms with Gasteiger partial charge in [-0.1, -0.05) is 24.2 Å². The first-order valence-corrected chi connectivity index (χ1v) is 11.2. The molecule has 0 unspecified atom stereocenters. The molecule has 0 atom stereocenters. The highest BCUT2D eigenvalue weighted by atomic mass is 16.5. The van der Waals surface area contributed by atoms with Crippen LogP contribution < -0.4 is 10.2 Å². The van der Waals surface area contributed by atoms with E-state index in [2.05, 4.69) is 30.3 Å². The van der Waals surface area contributed by atoms with Crippen LogP contribution in [0.2, 0.25) is 0 Å². The smallest absolute Gasteiger partial charge is 0.271 e. The molecule has 0 saturated carbocycles. The lowest BCUT2D eigenvalue weighted by Crippen LogP contribution is -2.39. The molecule has 0 aliphatic carbocycles. The number of hydrogen-bond donors (Lipinski definition) is 1. The van der Waals surface area contributed by atoms with Gasteiger partial charge in [0.2, 0.25) is 12.2 Å². The Morgan fingerprint density at radius 1 is 1.18 bits per heavy atom. The summed E-state index contributed by atoms with van der Waals surface area (Å²) in [6, 6.07) is 7.11. The van der Waals surface area contributed by atoms with Gasteiger partial charge >= 0.3 is 0 Å². The highest BCUT2D eigenvalue weighted by molar-refractivity contribution is 5.95. The highest BCUT2D eigenvalue weighted by Crippen LogP contribution is 2.18. The molecule has 1 saturated heterocycles. The number of carbonyl (C=O) groups is 2. The van der Waals surface area contributed by atoms with Gasteiger partial charge in [0.1, 0.15) is 11.5 Å². The molecule has 33 heavy (non-hydrogen) atoms. The van der Waals surface area contributed by atoms with Crippen LogP contribution in [-0.4, -0.2) is 69.5 Å². The lowest BCUT2D eigenvalue weighted by atomic mass is 10.1. The fourth-order valence-electron chi connectivity index (χ4n) is 3.82. The van der Waals surface area contributed by atoms with Crippen molar-refractivity contribution in [1.82, 2.24) is 30.3 Å². The van der Waals surface area contributed by atoms with E-state index in [0.717, 1.165) is 38.2 Å². The van der Waals surface area contributed by atoms with Crippen molar-refractivity contribution in [1.29, 1.82) is 0 Å². The average molecular weight is 450 g/mol. The Balaban J connectivity index is 1.37. The van der Waals surface area contributed by atoms with Crippen LogP contribution in [0.25, 0.3) is 11.4 Å². The molecule has 2 aromatic heterocycles. The van der Waals surface area contributed by atoms with E-state index in [1.165, 1.54) is 12.6 Å². The molecule has 1 aliphatic rings. The molecule has 0 bridgehead atoms. The summed E-state index contributed by atoms with van der Waals surface area (Å²) < 4.78 is 4.79. The van der Waals surface area contributed by atoms with Gasteiger partial charge < -0.3 is 19.6 Å². The summed E-state index contributed by atoms with van der Waals surface area (Å²) in [5.41, 5.74) is 1.51. The first kappa shape index (κ1) is 22.4. The highest BCUT2D eigenvalue weighted by Gasteiger charge is 2.18. The van der Waals surface area contributed by atoms with Crippen LogP contribution in [0.5, 0.6) is 0 Å². The van der Waals surface area contributed by atoms with Crippen LogP contribution in [0.4, 0.5) is 5.82 Å². The quantitative estimate of drug-likeness (QED) is 0.529. The summed E-state index contributed by atoms with van der Waals surface area (Å²) in [7, 11) is 0. The molecule has 2 amide bonds. The number of amides is 2. The minimum Gasteiger partial charge on any atom is -0.355 e. The van der Waals surface area contributed by atoms with Crippen molar-refractivity contribution in [3.05, 3.63) is 54.3 Å². The molecule has 3 heterocycles. The SMILES string of the molecule is CCCN(CCNC(=O)c1cncc(N2CCCC2)n1)C(=O)c1cccc(-c2ncon2)c1. The molecular formula is C23H27N7O3. The maximum Gasteiger partial charge on any atom is 0.271 e. The van der Waals surface area contributed by atoms with E-state index in [9.17, 15) is 9.59 Å². The minimum atomic E-state index is -0.299. The van der Waals surface area contributed by atoms with E-state index in [4.69, 9.17) is 4.52 Å². The minimum absolute atomic E-state index is 0.118. The van der Waals surface area contributed by atoms with Crippen LogP contribution in [0.3, 0.4) is 0 Å². The fourth-order valence-corrected chi connectivity index (χ4v) is 3.82. The van der Waals surface area contributed by atoms with Crippen LogP contribution in [0, 0.1) is 0 Å². The third-order valence-electron chi connectivity index (χ3n) is 5.46. The lowest BCUT2D eigenvalue weighted by Gasteiger charge is -2.22. The largest absolute Gasteiger partial charge is 0.355 e. The molecule has 1 N–H and O–H groups in total. The van der Waals surface area contributed by atoms with Gasteiger partial charge in [-0.05, 0) is 31.4 Å². The number of anilines is 1. The molecule has 10 heteroatoms. The molecule has 172 valence electrons. The predicted molar refractivity (Wildman–Crippen MR) is 122 cm³/mol. The Kier molecular flexibility index (Phi) is 7.23. The zero-order valence-electron chi connectivity index (χ0n) is 18.6. The summed E-state index contributed by atoms with van der Waals surface area (Å²) in [5, 5.41) is 6.68. The molecular weight excluding hydrogens is 422 g/mol. The van der Waals surface area contributed by atoms with Gasteiger partial charge in [-0.2, -0.15) is 4.98 Å². The van der Waals surface area contributed by atoms with Gasteiger partial charge in [0.05, 0.1) is 12.4 Å². The molecule has 4 rings (SSSR count). The van der Waals surface area contributed by atoms with Gasteiger partial charge in [-0.25, -0.2) is 4.98 Å². The van der Waals surface area contributed by atoms with Crippen LogP contribution in [0.15, 0.2) is 47.6 Å². The normalized spacial score (nSPS) is 13.2. The number of benzene rings is 1. The third-order valence-corrected chi connectivity index (χ3v) is 5.46. The second-order valence-electron chi connectivity index (χ2n) is 7.84. The predicted octanol–water partition coefficient (Wildman–Crippen LogP) is 2.41. The van der Waals surface area contributed by atoms with E-state index in [0.29, 0.717) is 36.6 Å². The number of nitrogens with one attached hydrogen (secondary N) is 1. The second-order valence-corrected chi connectivity index (χ2v) is 7.84. The van der Waals surface area contributed by atoms with Crippen molar-refractivity contribution >= 4 is 17.6 Å². The second kappa shape index (κ2) is 10.7. The molecule has 10 nitrogen and oxygen atoms in total. The topological polar surface area (TPSA) is 117 Å². The maximum atomic E-state index is 13.1. The molecule has 1 fully saturated rings. The number of rotatable bonds is 9. The van der Waals surface area contributed by atoms with E-state index in [-0.39, 0.29) is 17.5 Å². The van der Waals surface area contributed by atoms with E-state index >= 15 is 0 Å². The van der Waals surface area contributed by atoms with Crippen LogP contribution in [-0.2, 0) is 0 Å². The van der Waals surface area contributed by atoms with Gasteiger partial charge in [0.15, 0.2) is 0 Å². The number of nitrogens with zero attached hydrogens (tertiary/aromatic N) is 6. The molecule has 1 aliphatic heterocycles. The van der Waals surface area contributed by atoms with Gasteiger partial charge in [-0.15, -0.1) is 0 Å². The Hall–Kier alpha value is -3.82. The van der Waals surface area contributed by atoms with E-state index < -0.39 is 0 Å². The number of carbonyl (C=O) groups excluding carboxylic acids is 2. The van der Waals surface area contributed by atoms with Crippen molar-refractivity contribution < 1.29 is 14.1 Å². The summed E-state index contributed by atoms with van der Waals surface area (Å²) in [5.74, 6) is 0.736. The summed E-state index contributed by atoms with van der Waals surface area (Å²) >= 11 is 0. The van der Waals surface area contributed by atoms with Crippen molar-refractivity contribution in [3.8, 4) is 11.4 Å². The summed E-state index contributed by atoms with van der Waals surface area (Å²) in [6.45, 7) is 5.14. The molecule has 3 aromatic rings. The van der Waals surface area contributed by atoms with Crippen LogP contribution in [0.1, 0.15) is 47.0 Å². The zero-order valence-corrected chi connectivity index (χ0v) is 18.6. The summed E-state index contributed by atoms with van der Waals surface area (Å²) in [6.07, 6.45) is 7.45. The maximum absolute atomic E-state index is 13.1. The molecule has 1 aromatic carbocycles. The lowest BCUT2D eigenvalue weighted by molar-refractivity contribution is 0.0748. The standard InChI is InChI=1S/C23H27N7O3/c1-2-9-30(23(32)18-7-5-6-17(13-18)21-26-16-33-28-21)12-8-25-22(31)19-14-24-15-20(27-19)29-10-3-4-11-29/h5-7,13-16H,2-4,8-12H2,1H3,(H,25,31). The van der Waals surface area contributed by atoms with Crippen molar-refractivity contribution in [2.24, 2.45) is 0 Å². The monoisotopic (exact) mass is 449 g/mol. The fraction of sp³-hybridized carbons (Fsp3) is 0.391. The Morgan fingerprint density at radius 3 is 2.79 bits per heavy atom. The number of hydrogen-bond acceptors (Lipinski definition) is 8. The van der Waals surface area contributed by atoms with E-state index in [1.807, 2.05) is 13.0 Å². The first-order chi connectivity index (χ1) is 16.2. The van der Waals surface area contributed by atoms with Crippen molar-refractivity contribution in [2.45, 2.75) is 26.2 Å². The van der Waals surface area contributed by atoms with Gasteiger partial charge in [-0.3, -0.25) is 14.6 Å². The van der Waals surface area contributed by atoms with Crippen molar-refractivity contribution in [2.75, 3.05) is 37.6 Å². The van der Waals surface area contributed by atoms with Crippen molar-refractivity contribution in [3.63, 3.8) is 0 Å². The molecule has 0 spiro atoms. The zero-order chi connectivity index (χ0) is 23.0. The summed E-state index contributed by atoms with van der Waals surface area (Å²) in [4.78, 5) is 42.2. The van der Waals surface area contributed by atoms with E-state index in [1.54, 1.807) is 29.3 Å². The first-order valence-electron chi connectivity index (χ1n) is 11.2. The third kappa shape index (κ3) is 5.51. The Bertz CT molecular complexity index is 1080. The molecule has 0 radical (unpaired) electrons. The Morgan fingerprint density at radius 2 is 2.03 bits per heavy atom. The number of aromatic nitrogens is 4. The van der Waals surface area contributed by atoms with Gasteiger partial charge in [0, 0.05) is 43.9 Å². The van der Waals surface area contributed by atoms with Gasteiger partial charge in [0.25, 0.3) is 11.8 Å². The Labute approximate surface area is 192 Å². The average Bonchev–Trinajstić information content (AvgIpc) is 3.58. The van der Waals surface area contributed by atoms with Crippen LogP contribution >= 0.6 is 0 Å².